The van der Waals surface area contributed by atoms with Gasteiger partial charge in [0.25, 0.3) is 0 Å². The summed E-state index contributed by atoms with van der Waals surface area (Å²) in [6.07, 6.45) is 9.58. The number of fused-ring (bicyclic) bond motifs is 8. The van der Waals surface area contributed by atoms with Crippen molar-refractivity contribution in [3.05, 3.63) is 23.5 Å². The predicted molar refractivity (Wildman–Crippen MR) is 137 cm³/mol. The van der Waals surface area contributed by atoms with Crippen LogP contribution < -0.4 is 0 Å². The van der Waals surface area contributed by atoms with E-state index in [1.165, 1.54) is 36.2 Å². The standard InChI is InChI=1S/C30H45N3O2/c1-17(2)18-10-13-30(25(34)35)15-14-28(6)19(23(18)30)8-9-22-27(5)16-20-24(32-33-31-20)26(3,4)21(27)11-12-29(22,28)7/h18-19,21-23H,1,8-16H2,2-7H3,(H,34,35)(H,31,32,33)/t18-,19+,21-,22+,23+,27-,28+,29+,30-/m0/s1. The van der Waals surface area contributed by atoms with E-state index in [0.29, 0.717) is 23.7 Å². The summed E-state index contributed by atoms with van der Waals surface area (Å²) in [5.74, 6) is 1.75. The van der Waals surface area contributed by atoms with E-state index in [9.17, 15) is 9.90 Å². The van der Waals surface area contributed by atoms with Crippen LogP contribution in [-0.2, 0) is 16.6 Å². The summed E-state index contributed by atoms with van der Waals surface area (Å²) in [4.78, 5) is 12.8. The molecule has 1 aromatic rings. The van der Waals surface area contributed by atoms with Gasteiger partial charge in [0.15, 0.2) is 0 Å². The first-order chi connectivity index (χ1) is 16.3. The average Bonchev–Trinajstić information content (AvgIpc) is 3.39. The van der Waals surface area contributed by atoms with E-state index in [1.807, 2.05) is 0 Å². The van der Waals surface area contributed by atoms with Gasteiger partial charge in [0, 0.05) is 5.41 Å². The van der Waals surface area contributed by atoms with E-state index in [2.05, 4.69) is 63.5 Å². The molecule has 5 aliphatic carbocycles. The van der Waals surface area contributed by atoms with Crippen molar-refractivity contribution in [3.63, 3.8) is 0 Å². The number of aromatic amines is 1. The highest BCUT2D eigenvalue weighted by Gasteiger charge is 2.72. The highest BCUT2D eigenvalue weighted by Crippen LogP contribution is 2.77. The van der Waals surface area contributed by atoms with Crippen molar-refractivity contribution in [1.29, 1.82) is 0 Å². The lowest BCUT2D eigenvalue weighted by Gasteiger charge is -2.72. The zero-order valence-corrected chi connectivity index (χ0v) is 22.7. The van der Waals surface area contributed by atoms with E-state index >= 15 is 0 Å². The summed E-state index contributed by atoms with van der Waals surface area (Å²) in [5, 5.41) is 22.8. The van der Waals surface area contributed by atoms with Crippen LogP contribution in [0, 0.1) is 51.2 Å². The fourth-order valence-electron chi connectivity index (χ4n) is 11.7. The lowest BCUT2D eigenvalue weighted by molar-refractivity contribution is -0.228. The molecule has 5 heteroatoms. The Morgan fingerprint density at radius 2 is 1.69 bits per heavy atom. The van der Waals surface area contributed by atoms with Crippen LogP contribution in [0.5, 0.6) is 0 Å². The van der Waals surface area contributed by atoms with Crippen LogP contribution in [0.2, 0.25) is 0 Å². The molecule has 0 aliphatic heterocycles. The average molecular weight is 480 g/mol. The Bertz CT molecular complexity index is 1090. The summed E-state index contributed by atoms with van der Waals surface area (Å²) < 4.78 is 0. The molecule has 4 fully saturated rings. The molecule has 1 aromatic heterocycles. The normalized spacial score (nSPS) is 49.7. The molecule has 4 saturated carbocycles. The van der Waals surface area contributed by atoms with Crippen LogP contribution in [0.3, 0.4) is 0 Å². The second kappa shape index (κ2) is 7.01. The second-order valence-electron chi connectivity index (χ2n) is 14.7. The molecule has 5 aliphatic rings. The third kappa shape index (κ3) is 2.63. The lowest BCUT2D eigenvalue weighted by atomic mass is 9.32. The maximum Gasteiger partial charge on any atom is 0.309 e. The Balaban J connectivity index is 1.44. The van der Waals surface area contributed by atoms with Gasteiger partial charge in [0.2, 0.25) is 0 Å². The second-order valence-corrected chi connectivity index (χ2v) is 14.7. The highest BCUT2D eigenvalue weighted by molar-refractivity contribution is 5.76. The number of carbonyl (C=O) groups is 1. The van der Waals surface area contributed by atoms with Gasteiger partial charge in [-0.2, -0.15) is 15.4 Å². The molecule has 2 N–H and O–H groups in total. The zero-order chi connectivity index (χ0) is 25.2. The number of aromatic nitrogens is 3. The van der Waals surface area contributed by atoms with Gasteiger partial charge in [0.05, 0.1) is 16.8 Å². The van der Waals surface area contributed by atoms with Crippen LogP contribution in [0.15, 0.2) is 12.2 Å². The number of allylic oxidation sites excluding steroid dienone is 1. The van der Waals surface area contributed by atoms with Crippen molar-refractivity contribution in [2.75, 3.05) is 0 Å². The number of rotatable bonds is 2. The van der Waals surface area contributed by atoms with E-state index < -0.39 is 11.4 Å². The molecular formula is C30H45N3O2. The number of hydrogen-bond acceptors (Lipinski definition) is 3. The van der Waals surface area contributed by atoms with Crippen LogP contribution in [0.1, 0.15) is 104 Å². The molecule has 35 heavy (non-hydrogen) atoms. The first kappa shape index (κ1) is 23.7. The summed E-state index contributed by atoms with van der Waals surface area (Å²) in [5.41, 5.74) is 3.62. The van der Waals surface area contributed by atoms with Gasteiger partial charge in [-0.25, -0.2) is 0 Å². The molecule has 9 atom stereocenters. The van der Waals surface area contributed by atoms with E-state index in [0.717, 1.165) is 38.5 Å². The molecular weight excluding hydrogens is 434 g/mol. The van der Waals surface area contributed by atoms with Gasteiger partial charge in [-0.1, -0.05) is 46.8 Å². The van der Waals surface area contributed by atoms with Gasteiger partial charge in [-0.05, 0) is 111 Å². The van der Waals surface area contributed by atoms with Crippen molar-refractivity contribution >= 4 is 5.97 Å². The number of carboxylic acids is 1. The van der Waals surface area contributed by atoms with E-state index in [-0.39, 0.29) is 27.6 Å². The molecule has 0 aromatic carbocycles. The predicted octanol–water partition coefficient (Wildman–Crippen LogP) is 6.56. The zero-order valence-electron chi connectivity index (χ0n) is 22.7. The van der Waals surface area contributed by atoms with E-state index in [1.54, 1.807) is 0 Å². The van der Waals surface area contributed by atoms with Crippen molar-refractivity contribution in [2.24, 2.45) is 51.2 Å². The summed E-state index contributed by atoms with van der Waals surface area (Å²) in [6.45, 7) is 19.0. The maximum absolute atomic E-state index is 12.8. The highest BCUT2D eigenvalue weighted by atomic mass is 16.4. The number of carboxylic acid groups (broad SMARTS) is 1. The SMILES string of the molecule is C=C(C)[C@@H]1CC[C@]2(C(=O)O)CC[C@]3(C)[C@H](CC[C@@H]4[C@@]5(C)Cc6n[nH]nc6C(C)(C)[C@@H]5CC[C@]43C)[C@@H]12. The number of nitrogens with zero attached hydrogens (tertiary/aromatic N) is 2. The first-order valence-corrected chi connectivity index (χ1v) is 14.1. The largest absolute Gasteiger partial charge is 0.481 e. The monoisotopic (exact) mass is 479 g/mol. The van der Waals surface area contributed by atoms with Gasteiger partial charge < -0.3 is 5.11 Å². The van der Waals surface area contributed by atoms with Crippen molar-refractivity contribution in [1.82, 2.24) is 15.4 Å². The Kier molecular flexibility index (Phi) is 4.75. The molecule has 5 nitrogen and oxygen atoms in total. The van der Waals surface area contributed by atoms with Crippen LogP contribution >= 0.6 is 0 Å². The summed E-state index contributed by atoms with van der Waals surface area (Å²) in [7, 11) is 0. The van der Waals surface area contributed by atoms with Crippen molar-refractivity contribution < 1.29 is 9.90 Å². The van der Waals surface area contributed by atoms with Gasteiger partial charge in [-0.3, -0.25) is 4.79 Å². The number of aliphatic carboxylic acids is 1. The molecule has 0 saturated heterocycles. The van der Waals surface area contributed by atoms with E-state index in [4.69, 9.17) is 0 Å². The lowest BCUT2D eigenvalue weighted by Crippen LogP contribution is -2.66. The van der Waals surface area contributed by atoms with Gasteiger partial charge >= 0.3 is 5.97 Å². The Hall–Kier alpha value is -1.65. The molecule has 0 spiro atoms. The molecule has 0 amide bonds. The maximum atomic E-state index is 12.8. The summed E-state index contributed by atoms with van der Waals surface area (Å²) >= 11 is 0. The molecule has 0 radical (unpaired) electrons. The van der Waals surface area contributed by atoms with Gasteiger partial charge in [-0.15, -0.1) is 0 Å². The Labute approximate surface area is 210 Å². The quantitative estimate of drug-likeness (QED) is 0.471. The smallest absolute Gasteiger partial charge is 0.309 e. The fourth-order valence-corrected chi connectivity index (χ4v) is 11.7. The number of nitrogens with one attached hydrogen (secondary N) is 1. The van der Waals surface area contributed by atoms with Crippen molar-refractivity contribution in [2.45, 2.75) is 105 Å². The van der Waals surface area contributed by atoms with Crippen LogP contribution in [0.25, 0.3) is 0 Å². The topological polar surface area (TPSA) is 78.9 Å². The summed E-state index contributed by atoms with van der Waals surface area (Å²) in [6, 6.07) is 0. The minimum atomic E-state index is -0.541. The molecule has 6 rings (SSSR count). The molecule has 1 heterocycles. The minimum Gasteiger partial charge on any atom is -0.481 e. The minimum absolute atomic E-state index is 0.0238. The third-order valence-electron chi connectivity index (χ3n) is 13.4. The third-order valence-corrected chi connectivity index (χ3v) is 13.4. The van der Waals surface area contributed by atoms with Gasteiger partial charge in [0.1, 0.15) is 0 Å². The van der Waals surface area contributed by atoms with Crippen molar-refractivity contribution in [3.8, 4) is 0 Å². The molecule has 0 bridgehead atoms. The number of H-pyrrole nitrogens is 1. The van der Waals surface area contributed by atoms with Crippen LogP contribution in [-0.4, -0.2) is 26.5 Å². The number of hydrogen-bond donors (Lipinski definition) is 2. The fraction of sp³-hybridized carbons (Fsp3) is 0.833. The first-order valence-electron chi connectivity index (χ1n) is 14.1. The Morgan fingerprint density at radius 3 is 2.37 bits per heavy atom. The molecule has 0 unspecified atom stereocenters. The van der Waals surface area contributed by atoms with Crippen LogP contribution in [0.4, 0.5) is 0 Å². The molecule has 192 valence electrons. The Morgan fingerprint density at radius 1 is 0.943 bits per heavy atom.